The lowest BCUT2D eigenvalue weighted by Crippen LogP contribution is -2.35. The van der Waals surface area contributed by atoms with E-state index in [2.05, 4.69) is 5.32 Å². The van der Waals surface area contributed by atoms with Crippen LogP contribution in [0.25, 0.3) is 0 Å². The van der Waals surface area contributed by atoms with Gasteiger partial charge in [-0.25, -0.2) is 4.39 Å². The fraction of sp³-hybridized carbons (Fsp3) is 0.500. The molecule has 0 amide bonds. The first kappa shape index (κ1) is 11.8. The largest absolute Gasteiger partial charge is 0.392 e. The smallest absolute Gasteiger partial charge is 0.124 e. The highest BCUT2D eigenvalue weighted by atomic mass is 35.5. The standard InChI is InChI=1S/C12H15ClFNO/c13-10-6-9(14)5-4-8(10)7-15-11-2-1-3-12(11)16/h4-6,11-12,15-16H,1-3,7H2. The quantitative estimate of drug-likeness (QED) is 0.855. The Kier molecular flexibility index (Phi) is 3.79. The number of aliphatic hydroxyl groups is 1. The molecular weight excluding hydrogens is 229 g/mol. The molecule has 1 aromatic carbocycles. The van der Waals surface area contributed by atoms with E-state index >= 15 is 0 Å². The molecule has 0 heterocycles. The maximum atomic E-state index is 12.8. The predicted molar refractivity (Wildman–Crippen MR) is 61.9 cm³/mol. The monoisotopic (exact) mass is 243 g/mol. The molecule has 0 radical (unpaired) electrons. The number of nitrogens with one attached hydrogen (secondary N) is 1. The molecule has 2 atom stereocenters. The molecule has 1 aromatic rings. The normalized spacial score (nSPS) is 24.9. The minimum atomic E-state index is -0.324. The lowest BCUT2D eigenvalue weighted by Gasteiger charge is -2.16. The van der Waals surface area contributed by atoms with E-state index in [0.29, 0.717) is 11.6 Å². The highest BCUT2D eigenvalue weighted by Crippen LogP contribution is 2.21. The van der Waals surface area contributed by atoms with Crippen molar-refractivity contribution in [1.29, 1.82) is 0 Å². The molecule has 0 aromatic heterocycles. The van der Waals surface area contributed by atoms with Crippen LogP contribution in [0.1, 0.15) is 24.8 Å². The van der Waals surface area contributed by atoms with Crippen LogP contribution in [0.3, 0.4) is 0 Å². The van der Waals surface area contributed by atoms with Crippen LogP contribution in [0, 0.1) is 5.82 Å². The molecule has 0 spiro atoms. The Hall–Kier alpha value is -0.640. The van der Waals surface area contributed by atoms with Crippen LogP contribution in [0.15, 0.2) is 18.2 Å². The van der Waals surface area contributed by atoms with Gasteiger partial charge in [0.2, 0.25) is 0 Å². The highest BCUT2D eigenvalue weighted by Gasteiger charge is 2.24. The van der Waals surface area contributed by atoms with Crippen molar-refractivity contribution in [1.82, 2.24) is 5.32 Å². The summed E-state index contributed by atoms with van der Waals surface area (Å²) in [5.74, 6) is -0.324. The Labute approximate surface area is 99.4 Å². The zero-order valence-electron chi connectivity index (χ0n) is 8.92. The third-order valence-electron chi connectivity index (χ3n) is 3.05. The second kappa shape index (κ2) is 5.13. The Balaban J connectivity index is 1.94. The van der Waals surface area contributed by atoms with Crippen molar-refractivity contribution >= 4 is 11.6 Å². The Bertz CT molecular complexity index is 372. The molecule has 0 aliphatic heterocycles. The van der Waals surface area contributed by atoms with Crippen molar-refractivity contribution in [3.63, 3.8) is 0 Å². The van der Waals surface area contributed by atoms with Crippen molar-refractivity contribution in [3.05, 3.63) is 34.6 Å². The van der Waals surface area contributed by atoms with E-state index in [9.17, 15) is 9.50 Å². The summed E-state index contributed by atoms with van der Waals surface area (Å²) in [4.78, 5) is 0. The van der Waals surface area contributed by atoms with E-state index in [0.717, 1.165) is 24.8 Å². The van der Waals surface area contributed by atoms with Gasteiger partial charge < -0.3 is 10.4 Å². The summed E-state index contributed by atoms with van der Waals surface area (Å²) >= 11 is 5.91. The van der Waals surface area contributed by atoms with Crippen LogP contribution >= 0.6 is 11.6 Å². The molecule has 1 aliphatic carbocycles. The van der Waals surface area contributed by atoms with Crippen molar-refractivity contribution in [2.24, 2.45) is 0 Å². The van der Waals surface area contributed by atoms with E-state index in [1.807, 2.05) is 0 Å². The van der Waals surface area contributed by atoms with Gasteiger partial charge in [0.25, 0.3) is 0 Å². The number of hydrogen-bond donors (Lipinski definition) is 2. The van der Waals surface area contributed by atoms with Crippen molar-refractivity contribution < 1.29 is 9.50 Å². The van der Waals surface area contributed by atoms with Crippen LogP contribution in [-0.2, 0) is 6.54 Å². The number of hydrogen-bond acceptors (Lipinski definition) is 2. The number of rotatable bonds is 3. The van der Waals surface area contributed by atoms with Gasteiger partial charge in [0.1, 0.15) is 5.82 Å². The fourth-order valence-electron chi connectivity index (χ4n) is 2.08. The van der Waals surface area contributed by atoms with Crippen LogP contribution in [-0.4, -0.2) is 17.3 Å². The number of halogens is 2. The van der Waals surface area contributed by atoms with Gasteiger partial charge in [0, 0.05) is 17.6 Å². The fourth-order valence-corrected chi connectivity index (χ4v) is 2.32. The molecule has 0 saturated heterocycles. The van der Waals surface area contributed by atoms with Crippen molar-refractivity contribution in [2.75, 3.05) is 0 Å². The molecule has 1 fully saturated rings. The van der Waals surface area contributed by atoms with E-state index in [4.69, 9.17) is 11.6 Å². The summed E-state index contributed by atoms with van der Waals surface area (Å²) in [6.07, 6.45) is 2.63. The first-order valence-electron chi connectivity index (χ1n) is 5.52. The maximum absolute atomic E-state index is 12.8. The number of benzene rings is 1. The zero-order valence-corrected chi connectivity index (χ0v) is 9.67. The predicted octanol–water partition coefficient (Wildman–Crippen LogP) is 2.48. The third kappa shape index (κ3) is 2.73. The van der Waals surface area contributed by atoms with E-state index in [1.54, 1.807) is 6.07 Å². The molecule has 2 nitrogen and oxygen atoms in total. The molecule has 1 saturated carbocycles. The topological polar surface area (TPSA) is 32.3 Å². The summed E-state index contributed by atoms with van der Waals surface area (Å²) in [6.45, 7) is 0.570. The lowest BCUT2D eigenvalue weighted by atomic mass is 10.1. The second-order valence-electron chi connectivity index (χ2n) is 4.22. The summed E-state index contributed by atoms with van der Waals surface area (Å²) < 4.78 is 12.8. The average molecular weight is 244 g/mol. The Morgan fingerprint density at radius 2 is 2.25 bits per heavy atom. The minimum Gasteiger partial charge on any atom is -0.392 e. The first-order chi connectivity index (χ1) is 7.66. The van der Waals surface area contributed by atoms with E-state index in [1.165, 1.54) is 12.1 Å². The van der Waals surface area contributed by atoms with Crippen LogP contribution in [0.4, 0.5) is 4.39 Å². The maximum Gasteiger partial charge on any atom is 0.124 e. The molecular formula is C12H15ClFNO. The molecule has 0 bridgehead atoms. The van der Waals surface area contributed by atoms with Crippen LogP contribution in [0.5, 0.6) is 0 Å². The summed E-state index contributed by atoms with van der Waals surface area (Å²) in [5, 5.41) is 13.3. The molecule has 2 unspecified atom stereocenters. The van der Waals surface area contributed by atoms with E-state index in [-0.39, 0.29) is 18.0 Å². The van der Waals surface area contributed by atoms with Gasteiger partial charge in [-0.05, 0) is 37.0 Å². The molecule has 2 rings (SSSR count). The first-order valence-corrected chi connectivity index (χ1v) is 5.90. The second-order valence-corrected chi connectivity index (χ2v) is 4.63. The van der Waals surface area contributed by atoms with Crippen molar-refractivity contribution in [2.45, 2.75) is 38.0 Å². The van der Waals surface area contributed by atoms with Crippen molar-refractivity contribution in [3.8, 4) is 0 Å². The van der Waals surface area contributed by atoms with E-state index < -0.39 is 0 Å². The van der Waals surface area contributed by atoms with Gasteiger partial charge in [-0.1, -0.05) is 17.7 Å². The van der Waals surface area contributed by atoms with Gasteiger partial charge in [-0.3, -0.25) is 0 Å². The SMILES string of the molecule is OC1CCCC1NCc1ccc(F)cc1Cl. The van der Waals surface area contributed by atoms with Gasteiger partial charge >= 0.3 is 0 Å². The van der Waals surface area contributed by atoms with Crippen LogP contribution < -0.4 is 5.32 Å². The molecule has 88 valence electrons. The molecule has 2 N–H and O–H groups in total. The molecule has 1 aliphatic rings. The van der Waals surface area contributed by atoms with Gasteiger partial charge in [-0.2, -0.15) is 0 Å². The highest BCUT2D eigenvalue weighted by molar-refractivity contribution is 6.31. The lowest BCUT2D eigenvalue weighted by molar-refractivity contribution is 0.148. The minimum absolute atomic E-state index is 0.140. The van der Waals surface area contributed by atoms with Gasteiger partial charge in [0.05, 0.1) is 6.10 Å². The van der Waals surface area contributed by atoms with Gasteiger partial charge in [0.15, 0.2) is 0 Å². The Morgan fingerprint density at radius 1 is 1.44 bits per heavy atom. The summed E-state index contributed by atoms with van der Waals surface area (Å²) in [6, 6.07) is 4.52. The third-order valence-corrected chi connectivity index (χ3v) is 3.40. The molecule has 4 heteroatoms. The summed E-state index contributed by atoms with van der Waals surface area (Å²) in [7, 11) is 0. The zero-order chi connectivity index (χ0) is 11.5. The average Bonchev–Trinajstić information content (AvgIpc) is 2.63. The Morgan fingerprint density at radius 3 is 2.88 bits per heavy atom. The molecule has 16 heavy (non-hydrogen) atoms. The number of aliphatic hydroxyl groups excluding tert-OH is 1. The summed E-state index contributed by atoms with van der Waals surface area (Å²) in [5.41, 5.74) is 0.863. The van der Waals surface area contributed by atoms with Gasteiger partial charge in [-0.15, -0.1) is 0 Å². The van der Waals surface area contributed by atoms with Crippen LogP contribution in [0.2, 0.25) is 5.02 Å².